The van der Waals surface area contributed by atoms with Crippen LogP contribution in [0.1, 0.15) is 40.7 Å². The molecule has 25 heavy (non-hydrogen) atoms. The standard InChI is InChI=1S/C21H21ClFNO/c22-19-7-3-16(4-8-19)17-11-14-24(15-12-17)13-1-2-21(25)18-5-9-20(23)10-6-18/h3-11H,1-2,12-15H2/i3D,4D,7D,8D. The van der Waals surface area contributed by atoms with Crippen LogP contribution < -0.4 is 0 Å². The largest absolute Gasteiger partial charge is 0.299 e. The first-order valence-corrected chi connectivity index (χ1v) is 8.63. The van der Waals surface area contributed by atoms with Crippen molar-refractivity contribution in [1.29, 1.82) is 0 Å². The second-order valence-corrected chi connectivity index (χ2v) is 6.38. The first-order chi connectivity index (χ1) is 13.8. The van der Waals surface area contributed by atoms with Gasteiger partial charge in [-0.1, -0.05) is 29.8 Å². The van der Waals surface area contributed by atoms with Gasteiger partial charge in [0.05, 0.1) is 5.48 Å². The van der Waals surface area contributed by atoms with Crippen LogP contribution in [-0.4, -0.2) is 30.3 Å². The van der Waals surface area contributed by atoms with Crippen LogP contribution in [0.5, 0.6) is 0 Å². The third-order valence-electron chi connectivity index (χ3n) is 4.25. The lowest BCUT2D eigenvalue weighted by Gasteiger charge is -2.26. The van der Waals surface area contributed by atoms with Gasteiger partial charge in [-0.3, -0.25) is 9.69 Å². The molecular formula is C21H21ClFNO. The number of rotatable bonds is 6. The van der Waals surface area contributed by atoms with Gasteiger partial charge in [0.25, 0.3) is 0 Å². The predicted molar refractivity (Wildman–Crippen MR) is 100 cm³/mol. The number of Topliss-reactive ketones (excluding diaryl/α,β-unsaturated/α-hetero) is 1. The van der Waals surface area contributed by atoms with Gasteiger partial charge in [0.1, 0.15) is 5.82 Å². The summed E-state index contributed by atoms with van der Waals surface area (Å²) in [6.07, 6.45) is 3.59. The fourth-order valence-electron chi connectivity index (χ4n) is 2.84. The lowest BCUT2D eigenvalue weighted by molar-refractivity contribution is 0.0975. The van der Waals surface area contributed by atoms with E-state index in [4.69, 9.17) is 17.1 Å². The van der Waals surface area contributed by atoms with Crippen molar-refractivity contribution in [2.45, 2.75) is 19.3 Å². The Balaban J connectivity index is 1.59. The van der Waals surface area contributed by atoms with E-state index in [1.807, 2.05) is 6.08 Å². The zero-order valence-electron chi connectivity index (χ0n) is 17.7. The summed E-state index contributed by atoms with van der Waals surface area (Å²) in [6.45, 7) is 2.05. The maximum atomic E-state index is 12.9. The molecule has 0 saturated carbocycles. The topological polar surface area (TPSA) is 20.3 Å². The average Bonchev–Trinajstić information content (AvgIpc) is 2.72. The number of hydrogen-bond acceptors (Lipinski definition) is 2. The van der Waals surface area contributed by atoms with Gasteiger partial charge in [-0.25, -0.2) is 4.39 Å². The quantitative estimate of drug-likeness (QED) is 0.656. The Hall–Kier alpha value is -1.97. The molecule has 2 aromatic carbocycles. The lowest BCUT2D eigenvalue weighted by atomic mass is 9.99. The van der Waals surface area contributed by atoms with Gasteiger partial charge in [0.2, 0.25) is 0 Å². The number of nitrogens with zero attached hydrogens (tertiary/aromatic N) is 1. The van der Waals surface area contributed by atoms with Gasteiger partial charge in [-0.05, 0) is 66.9 Å². The van der Waals surface area contributed by atoms with E-state index < -0.39 is 0 Å². The molecule has 0 aromatic heterocycles. The van der Waals surface area contributed by atoms with E-state index in [0.29, 0.717) is 43.5 Å². The highest BCUT2D eigenvalue weighted by atomic mass is 35.5. The Morgan fingerprint density at radius 1 is 1.20 bits per heavy atom. The van der Waals surface area contributed by atoms with Crippen LogP contribution in [0.15, 0.2) is 54.5 Å². The number of ketones is 1. The molecule has 0 saturated heterocycles. The van der Waals surface area contributed by atoms with Gasteiger partial charge < -0.3 is 0 Å². The van der Waals surface area contributed by atoms with E-state index >= 15 is 0 Å². The first-order valence-electron chi connectivity index (χ1n) is 10.3. The number of hydrogen-bond donors (Lipinski definition) is 0. The maximum Gasteiger partial charge on any atom is 0.162 e. The van der Waals surface area contributed by atoms with Crippen LogP contribution in [-0.2, 0) is 0 Å². The summed E-state index contributed by atoms with van der Waals surface area (Å²) < 4.78 is 44.9. The van der Waals surface area contributed by atoms with Crippen molar-refractivity contribution >= 4 is 23.0 Å². The van der Waals surface area contributed by atoms with E-state index in [-0.39, 0.29) is 40.8 Å². The summed E-state index contributed by atoms with van der Waals surface area (Å²) in [7, 11) is 0. The van der Waals surface area contributed by atoms with E-state index in [1.165, 1.54) is 24.3 Å². The minimum absolute atomic E-state index is 0.0111. The van der Waals surface area contributed by atoms with Crippen molar-refractivity contribution in [1.82, 2.24) is 4.90 Å². The van der Waals surface area contributed by atoms with Crippen molar-refractivity contribution in [2.24, 2.45) is 0 Å². The highest BCUT2D eigenvalue weighted by Gasteiger charge is 2.13. The minimum atomic E-state index is -0.361. The molecule has 1 aliphatic rings. The highest BCUT2D eigenvalue weighted by Crippen LogP contribution is 2.24. The summed E-state index contributed by atoms with van der Waals surface area (Å²) in [6, 6.07) is 4.91. The average molecular weight is 362 g/mol. The molecule has 2 nitrogen and oxygen atoms in total. The molecule has 3 rings (SSSR count). The van der Waals surface area contributed by atoms with Crippen LogP contribution >= 0.6 is 11.6 Å². The zero-order chi connectivity index (χ0) is 21.1. The van der Waals surface area contributed by atoms with Crippen LogP contribution in [0.3, 0.4) is 0 Å². The van der Waals surface area contributed by atoms with E-state index in [0.717, 1.165) is 12.1 Å². The van der Waals surface area contributed by atoms with E-state index in [2.05, 4.69) is 4.90 Å². The third kappa shape index (κ3) is 5.00. The molecule has 0 unspecified atom stereocenters. The number of halogens is 2. The Morgan fingerprint density at radius 3 is 2.56 bits per heavy atom. The van der Waals surface area contributed by atoms with E-state index in [9.17, 15) is 9.18 Å². The minimum Gasteiger partial charge on any atom is -0.299 e. The van der Waals surface area contributed by atoms with Gasteiger partial charge >= 0.3 is 0 Å². The first kappa shape index (κ1) is 13.3. The summed E-state index contributed by atoms with van der Waals surface area (Å²) in [4.78, 5) is 14.3. The molecule has 0 bridgehead atoms. The molecule has 2 aromatic rings. The maximum absolute atomic E-state index is 12.9. The lowest BCUT2D eigenvalue weighted by Crippen LogP contribution is -2.29. The van der Waals surface area contributed by atoms with Crippen LogP contribution in [0.25, 0.3) is 5.57 Å². The van der Waals surface area contributed by atoms with Gasteiger partial charge in [0, 0.05) is 30.1 Å². The molecule has 0 atom stereocenters. The smallest absolute Gasteiger partial charge is 0.162 e. The van der Waals surface area contributed by atoms with Gasteiger partial charge in [-0.2, -0.15) is 0 Å². The monoisotopic (exact) mass is 361 g/mol. The van der Waals surface area contributed by atoms with Gasteiger partial charge in [-0.15, -0.1) is 0 Å². The van der Waals surface area contributed by atoms with Crippen molar-refractivity contribution in [3.05, 3.63) is 76.5 Å². The Labute approximate surface area is 158 Å². The molecule has 4 heteroatoms. The fourth-order valence-corrected chi connectivity index (χ4v) is 2.94. The molecular weight excluding hydrogens is 337 g/mol. The van der Waals surface area contributed by atoms with Crippen molar-refractivity contribution in [3.8, 4) is 0 Å². The Kier molecular flexibility index (Phi) is 4.46. The SMILES string of the molecule is [2H]c1c([2H])c(C2=CCN(CCCC(=O)c3ccc(F)cc3)CC2)c([2H])c([2H])c1Cl. The second kappa shape index (κ2) is 8.41. The second-order valence-electron chi connectivity index (χ2n) is 6.00. The zero-order valence-corrected chi connectivity index (χ0v) is 14.5. The molecule has 1 aliphatic heterocycles. The third-order valence-corrected chi connectivity index (χ3v) is 4.44. The van der Waals surface area contributed by atoms with Crippen molar-refractivity contribution in [3.63, 3.8) is 0 Å². The molecule has 0 spiro atoms. The summed E-state index contributed by atoms with van der Waals surface area (Å²) in [5.74, 6) is -0.372. The normalized spacial score (nSPS) is 17.3. The molecule has 0 radical (unpaired) electrons. The molecule has 0 amide bonds. The van der Waals surface area contributed by atoms with Crippen LogP contribution in [0.4, 0.5) is 4.39 Å². The van der Waals surface area contributed by atoms with Crippen molar-refractivity contribution in [2.75, 3.05) is 19.6 Å². The summed E-state index contributed by atoms with van der Waals surface area (Å²) in [5, 5.41) is -0.160. The predicted octanol–water partition coefficient (Wildman–Crippen LogP) is 5.23. The molecule has 1 heterocycles. The molecule has 130 valence electrons. The number of carbonyl (C=O) groups is 1. The molecule has 0 fully saturated rings. The Morgan fingerprint density at radius 2 is 1.92 bits per heavy atom. The van der Waals surface area contributed by atoms with Crippen LogP contribution in [0.2, 0.25) is 5.02 Å². The number of benzene rings is 2. The van der Waals surface area contributed by atoms with E-state index in [1.54, 1.807) is 0 Å². The van der Waals surface area contributed by atoms with Crippen LogP contribution in [0, 0.1) is 5.82 Å². The van der Waals surface area contributed by atoms with Crippen molar-refractivity contribution < 1.29 is 14.7 Å². The molecule has 0 aliphatic carbocycles. The fraction of sp³-hybridized carbons (Fsp3) is 0.286. The Bertz CT molecular complexity index is 933. The summed E-state index contributed by atoms with van der Waals surface area (Å²) in [5.41, 5.74) is 1.62. The molecule has 0 N–H and O–H groups in total. The highest BCUT2D eigenvalue weighted by molar-refractivity contribution is 6.30. The summed E-state index contributed by atoms with van der Waals surface area (Å²) >= 11 is 5.87. The van der Waals surface area contributed by atoms with Gasteiger partial charge in [0.15, 0.2) is 5.78 Å². The number of carbonyl (C=O) groups excluding carboxylic acids is 1.